The van der Waals surface area contributed by atoms with Crippen molar-refractivity contribution in [3.63, 3.8) is 0 Å². The number of hydrogen-bond donors (Lipinski definition) is 1. The molecule has 0 saturated carbocycles. The maximum absolute atomic E-state index is 13.2. The number of methoxy groups -OCH3 is 3. The number of benzene rings is 2. The van der Waals surface area contributed by atoms with E-state index in [1.165, 1.54) is 12.1 Å². The zero-order chi connectivity index (χ0) is 22.8. The molecular formula is C24H24FN3O4. The lowest BCUT2D eigenvalue weighted by Crippen LogP contribution is -2.23. The molecule has 0 saturated heterocycles. The topological polar surface area (TPSA) is 82.6 Å². The van der Waals surface area contributed by atoms with Gasteiger partial charge in [-0.3, -0.25) is 4.79 Å². The Hall–Kier alpha value is -3.68. The number of rotatable bonds is 6. The summed E-state index contributed by atoms with van der Waals surface area (Å²) in [5.74, 6) is 1.52. The van der Waals surface area contributed by atoms with Crippen LogP contribution in [0.15, 0.2) is 36.4 Å². The van der Waals surface area contributed by atoms with Gasteiger partial charge in [0, 0.05) is 12.1 Å². The molecule has 0 amide bonds. The molecule has 0 fully saturated rings. The van der Waals surface area contributed by atoms with E-state index in [0.717, 1.165) is 5.56 Å². The maximum atomic E-state index is 13.2. The standard InChI is InChI=1S/C24H24FN3O4/c1-13-22-18(28-24(26-13)27-17-7-5-16(25)6-8-17)9-14(10-19(22)29)15-11-20(30-2)23(32-4)21(12-15)31-3/h5-8,11-12,14H,9-10H2,1-4H3,(H,26,27,28)/t14-/m1/s1. The minimum atomic E-state index is -0.322. The van der Waals surface area contributed by atoms with Crippen molar-refractivity contribution in [1.82, 2.24) is 9.97 Å². The molecule has 8 heteroatoms. The molecule has 0 aliphatic heterocycles. The number of Topliss-reactive ketones (excluding diaryl/α,β-unsaturated/α-hetero) is 1. The lowest BCUT2D eigenvalue weighted by molar-refractivity contribution is 0.0962. The monoisotopic (exact) mass is 437 g/mol. The van der Waals surface area contributed by atoms with Crippen LogP contribution in [0.1, 0.15) is 39.6 Å². The van der Waals surface area contributed by atoms with Gasteiger partial charge in [-0.25, -0.2) is 14.4 Å². The normalized spacial score (nSPS) is 15.2. The predicted molar refractivity (Wildman–Crippen MR) is 118 cm³/mol. The second-order valence-corrected chi connectivity index (χ2v) is 7.57. The summed E-state index contributed by atoms with van der Waals surface area (Å²) in [7, 11) is 4.68. The number of anilines is 2. The molecule has 1 heterocycles. The van der Waals surface area contributed by atoms with Gasteiger partial charge >= 0.3 is 0 Å². The minimum Gasteiger partial charge on any atom is -0.493 e. The lowest BCUT2D eigenvalue weighted by Gasteiger charge is -2.26. The van der Waals surface area contributed by atoms with Gasteiger partial charge in [-0.1, -0.05) is 0 Å². The summed E-state index contributed by atoms with van der Waals surface area (Å²) in [6.45, 7) is 1.80. The second-order valence-electron chi connectivity index (χ2n) is 7.57. The summed E-state index contributed by atoms with van der Waals surface area (Å²) in [5, 5.41) is 3.09. The van der Waals surface area contributed by atoms with Crippen molar-refractivity contribution in [3.8, 4) is 17.2 Å². The molecule has 1 N–H and O–H groups in total. The maximum Gasteiger partial charge on any atom is 0.227 e. The quantitative estimate of drug-likeness (QED) is 0.603. The number of carbonyl (C=O) groups excluding carboxylic acids is 1. The SMILES string of the molecule is COc1cc([C@H]2CC(=O)c3c(C)nc(Nc4ccc(F)cc4)nc3C2)cc(OC)c1OC. The van der Waals surface area contributed by atoms with Crippen LogP contribution in [0.25, 0.3) is 0 Å². The summed E-state index contributed by atoms with van der Waals surface area (Å²) in [5.41, 5.74) is 3.43. The number of hydrogen-bond acceptors (Lipinski definition) is 7. The largest absolute Gasteiger partial charge is 0.493 e. The first kappa shape index (κ1) is 21.5. The zero-order valence-corrected chi connectivity index (χ0v) is 18.4. The van der Waals surface area contributed by atoms with E-state index in [9.17, 15) is 9.18 Å². The summed E-state index contributed by atoms with van der Waals surface area (Å²) < 4.78 is 29.5. The van der Waals surface area contributed by atoms with Crippen molar-refractivity contribution in [3.05, 3.63) is 64.7 Å². The first-order chi connectivity index (χ1) is 15.4. The fourth-order valence-electron chi connectivity index (χ4n) is 4.07. The molecule has 0 unspecified atom stereocenters. The molecule has 2 aromatic carbocycles. The number of halogens is 1. The number of carbonyl (C=O) groups is 1. The zero-order valence-electron chi connectivity index (χ0n) is 18.4. The highest BCUT2D eigenvalue weighted by Gasteiger charge is 2.31. The number of ketones is 1. The third-order valence-corrected chi connectivity index (χ3v) is 5.57. The van der Waals surface area contributed by atoms with Gasteiger partial charge in [-0.15, -0.1) is 0 Å². The van der Waals surface area contributed by atoms with Gasteiger partial charge < -0.3 is 19.5 Å². The Bertz CT molecular complexity index is 1140. The summed E-state index contributed by atoms with van der Waals surface area (Å²) in [4.78, 5) is 22.0. The third-order valence-electron chi connectivity index (χ3n) is 5.57. The molecule has 4 rings (SSSR count). The molecule has 0 spiro atoms. The third kappa shape index (κ3) is 4.08. The smallest absolute Gasteiger partial charge is 0.227 e. The Morgan fingerprint density at radius 1 is 0.969 bits per heavy atom. The minimum absolute atomic E-state index is 0.00386. The van der Waals surface area contributed by atoms with Gasteiger partial charge in [-0.05, 0) is 61.2 Å². The number of aryl methyl sites for hydroxylation is 1. The number of ether oxygens (including phenoxy) is 3. The molecule has 166 valence electrons. The van der Waals surface area contributed by atoms with Gasteiger partial charge in [0.25, 0.3) is 0 Å². The fraction of sp³-hybridized carbons (Fsp3) is 0.292. The van der Waals surface area contributed by atoms with E-state index in [1.54, 1.807) is 40.4 Å². The predicted octanol–water partition coefficient (Wildman–Crippen LogP) is 4.61. The average molecular weight is 437 g/mol. The van der Waals surface area contributed by atoms with Crippen molar-refractivity contribution in [2.24, 2.45) is 0 Å². The van der Waals surface area contributed by atoms with Crippen LogP contribution in [-0.4, -0.2) is 37.1 Å². The van der Waals surface area contributed by atoms with Crippen LogP contribution >= 0.6 is 0 Å². The number of nitrogens with zero attached hydrogens (tertiary/aromatic N) is 2. The Balaban J connectivity index is 1.69. The summed E-state index contributed by atoms with van der Waals surface area (Å²) in [6.07, 6.45) is 0.891. The van der Waals surface area contributed by atoms with Gasteiger partial charge in [0.15, 0.2) is 17.3 Å². The van der Waals surface area contributed by atoms with Crippen LogP contribution in [0.5, 0.6) is 17.2 Å². The molecular weight excluding hydrogens is 413 g/mol. The molecule has 1 aromatic heterocycles. The van der Waals surface area contributed by atoms with Crippen LogP contribution in [0.4, 0.5) is 16.0 Å². The highest BCUT2D eigenvalue weighted by molar-refractivity contribution is 5.99. The Morgan fingerprint density at radius 3 is 2.22 bits per heavy atom. The average Bonchev–Trinajstić information content (AvgIpc) is 2.78. The van der Waals surface area contributed by atoms with E-state index >= 15 is 0 Å². The van der Waals surface area contributed by atoms with Crippen molar-refractivity contribution in [2.75, 3.05) is 26.6 Å². The molecule has 3 aromatic rings. The van der Waals surface area contributed by atoms with Crippen LogP contribution < -0.4 is 19.5 Å². The summed E-state index contributed by atoms with van der Waals surface area (Å²) >= 11 is 0. The highest BCUT2D eigenvalue weighted by Crippen LogP contribution is 2.43. The van der Waals surface area contributed by atoms with Gasteiger partial charge in [0.2, 0.25) is 11.7 Å². The molecule has 0 bridgehead atoms. The second kappa shape index (κ2) is 8.82. The van der Waals surface area contributed by atoms with E-state index in [4.69, 9.17) is 14.2 Å². The van der Waals surface area contributed by atoms with Crippen LogP contribution in [0.3, 0.4) is 0 Å². The van der Waals surface area contributed by atoms with E-state index < -0.39 is 0 Å². The number of nitrogens with one attached hydrogen (secondary N) is 1. The van der Waals surface area contributed by atoms with Crippen molar-refractivity contribution < 1.29 is 23.4 Å². The molecule has 7 nitrogen and oxygen atoms in total. The van der Waals surface area contributed by atoms with Crippen molar-refractivity contribution in [1.29, 1.82) is 0 Å². The lowest BCUT2D eigenvalue weighted by atomic mass is 9.81. The van der Waals surface area contributed by atoms with Gasteiger partial charge in [-0.2, -0.15) is 0 Å². The van der Waals surface area contributed by atoms with E-state index in [-0.39, 0.29) is 17.5 Å². The van der Waals surface area contributed by atoms with Gasteiger partial charge in [0.1, 0.15) is 5.82 Å². The first-order valence-electron chi connectivity index (χ1n) is 10.2. The van der Waals surface area contributed by atoms with Crippen molar-refractivity contribution >= 4 is 17.4 Å². The van der Waals surface area contributed by atoms with E-state index in [0.29, 0.717) is 58.7 Å². The molecule has 1 aliphatic carbocycles. The van der Waals surface area contributed by atoms with Crippen LogP contribution in [0.2, 0.25) is 0 Å². The highest BCUT2D eigenvalue weighted by atomic mass is 19.1. The molecule has 0 radical (unpaired) electrons. The molecule has 1 aliphatic rings. The summed E-state index contributed by atoms with van der Waals surface area (Å²) in [6, 6.07) is 9.68. The number of aromatic nitrogens is 2. The van der Waals surface area contributed by atoms with Crippen molar-refractivity contribution in [2.45, 2.75) is 25.7 Å². The Morgan fingerprint density at radius 2 is 1.62 bits per heavy atom. The van der Waals surface area contributed by atoms with Gasteiger partial charge in [0.05, 0.1) is 38.3 Å². The van der Waals surface area contributed by atoms with Crippen LogP contribution in [-0.2, 0) is 6.42 Å². The van der Waals surface area contributed by atoms with E-state index in [1.807, 2.05) is 12.1 Å². The van der Waals surface area contributed by atoms with Crippen LogP contribution in [0, 0.1) is 12.7 Å². The molecule has 32 heavy (non-hydrogen) atoms. The fourth-order valence-corrected chi connectivity index (χ4v) is 4.07. The Labute approximate surface area is 185 Å². The Kier molecular flexibility index (Phi) is 5.94. The number of fused-ring (bicyclic) bond motifs is 1. The molecule has 1 atom stereocenters. The first-order valence-corrected chi connectivity index (χ1v) is 10.2. The van der Waals surface area contributed by atoms with E-state index in [2.05, 4.69) is 15.3 Å².